The summed E-state index contributed by atoms with van der Waals surface area (Å²) < 4.78 is 14.9. The molecule has 0 fully saturated rings. The van der Waals surface area contributed by atoms with Gasteiger partial charge in [-0.15, -0.1) is 0 Å². The van der Waals surface area contributed by atoms with Gasteiger partial charge in [0, 0.05) is 0 Å². The molecule has 3 aromatic rings. The molecule has 4 nitrogen and oxygen atoms in total. The zero-order chi connectivity index (χ0) is 13.2. The van der Waals surface area contributed by atoms with E-state index in [0.29, 0.717) is 6.54 Å². The molecule has 2 aromatic heterocycles. The molecule has 0 atom stereocenters. The minimum atomic E-state index is -0.230. The smallest absolute Gasteiger partial charge is 0.170 e. The molecule has 6 heteroatoms. The molecule has 0 unspecified atom stereocenters. The van der Waals surface area contributed by atoms with Crippen molar-refractivity contribution in [3.8, 4) is 0 Å². The number of imidazole rings is 1. The van der Waals surface area contributed by atoms with E-state index < -0.39 is 0 Å². The van der Waals surface area contributed by atoms with Crippen LogP contribution in [0.4, 0.5) is 4.39 Å². The second-order valence-electron chi connectivity index (χ2n) is 4.04. The Labute approximate surface area is 113 Å². The zero-order valence-corrected chi connectivity index (χ0v) is 11.1. The number of fused-ring (bicyclic) bond motifs is 1. The first-order valence-electron chi connectivity index (χ1n) is 5.72. The van der Waals surface area contributed by atoms with Gasteiger partial charge in [-0.3, -0.25) is 4.57 Å². The van der Waals surface area contributed by atoms with Crippen LogP contribution >= 0.6 is 11.8 Å². The van der Waals surface area contributed by atoms with Gasteiger partial charge in [0.1, 0.15) is 17.7 Å². The van der Waals surface area contributed by atoms with Crippen LogP contribution in [-0.4, -0.2) is 25.8 Å². The summed E-state index contributed by atoms with van der Waals surface area (Å²) in [6, 6.07) is 6.46. The minimum Gasteiger partial charge on any atom is -0.299 e. The van der Waals surface area contributed by atoms with Crippen LogP contribution in [-0.2, 0) is 6.54 Å². The average Bonchev–Trinajstić information content (AvgIpc) is 2.79. The number of aromatic nitrogens is 4. The lowest BCUT2D eigenvalue weighted by Crippen LogP contribution is -2.02. The number of hydrogen-bond donors (Lipinski definition) is 0. The quantitative estimate of drug-likeness (QED) is 0.689. The Hall–Kier alpha value is -1.95. The molecule has 0 radical (unpaired) electrons. The van der Waals surface area contributed by atoms with E-state index in [-0.39, 0.29) is 5.82 Å². The Morgan fingerprint density at radius 1 is 1.26 bits per heavy atom. The molecule has 3 rings (SSSR count). The third-order valence-corrected chi connectivity index (χ3v) is 3.49. The van der Waals surface area contributed by atoms with Crippen molar-refractivity contribution in [2.75, 3.05) is 6.26 Å². The minimum absolute atomic E-state index is 0.230. The normalized spacial score (nSPS) is 11.1. The van der Waals surface area contributed by atoms with Crippen LogP contribution in [0, 0.1) is 5.82 Å². The van der Waals surface area contributed by atoms with Crippen molar-refractivity contribution >= 4 is 22.9 Å². The molecule has 1 aromatic carbocycles. The van der Waals surface area contributed by atoms with Gasteiger partial charge in [-0.2, -0.15) is 0 Å². The molecule has 19 heavy (non-hydrogen) atoms. The lowest BCUT2D eigenvalue weighted by atomic mass is 10.2. The van der Waals surface area contributed by atoms with E-state index >= 15 is 0 Å². The highest BCUT2D eigenvalue weighted by atomic mass is 32.2. The first-order chi connectivity index (χ1) is 9.28. The fourth-order valence-electron chi connectivity index (χ4n) is 1.93. The first-order valence-corrected chi connectivity index (χ1v) is 6.95. The largest absolute Gasteiger partial charge is 0.299 e. The van der Waals surface area contributed by atoms with Crippen LogP contribution in [0.5, 0.6) is 0 Å². The highest BCUT2D eigenvalue weighted by Gasteiger charge is 2.11. The number of hydrogen-bond acceptors (Lipinski definition) is 4. The van der Waals surface area contributed by atoms with Crippen molar-refractivity contribution in [3.63, 3.8) is 0 Å². The summed E-state index contributed by atoms with van der Waals surface area (Å²) in [7, 11) is 0. The maximum absolute atomic E-state index is 12.9. The van der Waals surface area contributed by atoms with Gasteiger partial charge in [-0.05, 0) is 24.0 Å². The lowest BCUT2D eigenvalue weighted by Gasteiger charge is -2.06. The molecule has 2 heterocycles. The van der Waals surface area contributed by atoms with Crippen molar-refractivity contribution < 1.29 is 4.39 Å². The van der Waals surface area contributed by atoms with Gasteiger partial charge in [0.2, 0.25) is 0 Å². The molecule has 0 aliphatic heterocycles. The molecule has 96 valence electrons. The van der Waals surface area contributed by atoms with Crippen molar-refractivity contribution in [3.05, 3.63) is 48.2 Å². The van der Waals surface area contributed by atoms with Gasteiger partial charge >= 0.3 is 0 Å². The number of halogens is 1. The summed E-state index contributed by atoms with van der Waals surface area (Å²) >= 11 is 1.55. The highest BCUT2D eigenvalue weighted by molar-refractivity contribution is 7.98. The summed E-state index contributed by atoms with van der Waals surface area (Å²) in [6.07, 6.45) is 5.17. The molecule has 0 amide bonds. The third kappa shape index (κ3) is 2.31. The van der Waals surface area contributed by atoms with E-state index in [1.165, 1.54) is 18.5 Å². The van der Waals surface area contributed by atoms with Crippen LogP contribution in [0.15, 0.2) is 41.9 Å². The Morgan fingerprint density at radius 2 is 2.05 bits per heavy atom. The topological polar surface area (TPSA) is 43.6 Å². The fourth-order valence-corrected chi connectivity index (χ4v) is 2.49. The van der Waals surface area contributed by atoms with E-state index in [2.05, 4.69) is 15.0 Å². The van der Waals surface area contributed by atoms with Crippen LogP contribution in [0.2, 0.25) is 0 Å². The SMILES string of the molecule is CSc1nc2cncnc2n1Cc1ccc(F)cc1. The van der Waals surface area contributed by atoms with Crippen molar-refractivity contribution in [1.29, 1.82) is 0 Å². The van der Waals surface area contributed by atoms with E-state index in [1.807, 2.05) is 10.8 Å². The summed E-state index contributed by atoms with van der Waals surface area (Å²) in [5.74, 6) is -0.230. The predicted molar refractivity (Wildman–Crippen MR) is 72.6 cm³/mol. The number of nitrogens with zero attached hydrogens (tertiary/aromatic N) is 4. The van der Waals surface area contributed by atoms with Gasteiger partial charge in [0.05, 0.1) is 12.7 Å². The molecular formula is C13H11FN4S. The van der Waals surface area contributed by atoms with Gasteiger partial charge in [-0.25, -0.2) is 19.3 Å². The van der Waals surface area contributed by atoms with E-state index in [4.69, 9.17) is 0 Å². The Bertz CT molecular complexity index is 708. The van der Waals surface area contributed by atoms with Crippen molar-refractivity contribution in [2.45, 2.75) is 11.7 Å². The van der Waals surface area contributed by atoms with Crippen LogP contribution in [0.25, 0.3) is 11.2 Å². The van der Waals surface area contributed by atoms with Gasteiger partial charge in [-0.1, -0.05) is 23.9 Å². The number of benzene rings is 1. The second-order valence-corrected chi connectivity index (χ2v) is 4.82. The van der Waals surface area contributed by atoms with Crippen LogP contribution in [0.3, 0.4) is 0 Å². The molecule has 0 bridgehead atoms. The van der Waals surface area contributed by atoms with E-state index in [9.17, 15) is 4.39 Å². The summed E-state index contributed by atoms with van der Waals surface area (Å²) in [5, 5.41) is 0.875. The van der Waals surface area contributed by atoms with Crippen LogP contribution < -0.4 is 0 Å². The van der Waals surface area contributed by atoms with E-state index in [1.54, 1.807) is 30.1 Å². The highest BCUT2D eigenvalue weighted by Crippen LogP contribution is 2.21. The van der Waals surface area contributed by atoms with E-state index in [0.717, 1.165) is 21.9 Å². The molecule has 0 spiro atoms. The molecule has 0 saturated heterocycles. The maximum atomic E-state index is 12.9. The predicted octanol–water partition coefficient (Wildman–Crippen LogP) is 2.74. The van der Waals surface area contributed by atoms with Gasteiger partial charge in [0.15, 0.2) is 10.8 Å². The number of thioether (sulfide) groups is 1. The first kappa shape index (κ1) is 12.1. The molecule has 0 saturated carbocycles. The summed E-state index contributed by atoms with van der Waals surface area (Å²) in [6.45, 7) is 0.615. The van der Waals surface area contributed by atoms with Crippen molar-refractivity contribution in [1.82, 2.24) is 19.5 Å². The monoisotopic (exact) mass is 274 g/mol. The Kier molecular flexibility index (Phi) is 3.16. The molecule has 0 aliphatic rings. The fraction of sp³-hybridized carbons (Fsp3) is 0.154. The summed E-state index contributed by atoms with van der Waals surface area (Å²) in [4.78, 5) is 12.7. The van der Waals surface area contributed by atoms with Crippen molar-refractivity contribution in [2.24, 2.45) is 0 Å². The van der Waals surface area contributed by atoms with Gasteiger partial charge < -0.3 is 0 Å². The van der Waals surface area contributed by atoms with Crippen LogP contribution in [0.1, 0.15) is 5.56 Å². The molecule has 0 aliphatic carbocycles. The van der Waals surface area contributed by atoms with Gasteiger partial charge in [0.25, 0.3) is 0 Å². The maximum Gasteiger partial charge on any atom is 0.170 e. The Balaban J connectivity index is 2.06. The third-order valence-electron chi connectivity index (χ3n) is 2.81. The summed E-state index contributed by atoms with van der Waals surface area (Å²) in [5.41, 5.74) is 2.58. The Morgan fingerprint density at radius 3 is 2.79 bits per heavy atom. The second kappa shape index (κ2) is 4.97. The molecular weight excluding hydrogens is 263 g/mol. The lowest BCUT2D eigenvalue weighted by molar-refractivity contribution is 0.625. The molecule has 0 N–H and O–H groups in total. The standard InChI is InChI=1S/C13H11FN4S/c1-19-13-17-11-6-15-8-16-12(11)18(13)7-9-2-4-10(14)5-3-9/h2-6,8H,7H2,1H3. The zero-order valence-electron chi connectivity index (χ0n) is 10.2. The average molecular weight is 274 g/mol. The number of rotatable bonds is 3.